The van der Waals surface area contributed by atoms with Gasteiger partial charge in [0.25, 0.3) is 0 Å². The number of nitriles is 1. The molecule has 2 bridgehead atoms. The number of halogens is 1. The maximum absolute atomic E-state index is 8.87. The molecule has 2 nitrogen and oxygen atoms in total. The summed E-state index contributed by atoms with van der Waals surface area (Å²) in [4.78, 5) is 2.39. The third-order valence-electron chi connectivity index (χ3n) is 5.05. The lowest BCUT2D eigenvalue weighted by Crippen LogP contribution is -2.28. The van der Waals surface area contributed by atoms with Gasteiger partial charge in [0.05, 0.1) is 11.6 Å². The summed E-state index contributed by atoms with van der Waals surface area (Å²) in [5, 5.41) is 9.58. The van der Waals surface area contributed by atoms with Crippen LogP contribution in [0.5, 0.6) is 0 Å². The quantitative estimate of drug-likeness (QED) is 0.835. The summed E-state index contributed by atoms with van der Waals surface area (Å²) < 4.78 is 0. The van der Waals surface area contributed by atoms with Crippen LogP contribution >= 0.6 is 11.6 Å². The molecule has 106 valence electrons. The fourth-order valence-electron chi connectivity index (χ4n) is 4.10. The van der Waals surface area contributed by atoms with Gasteiger partial charge in [0, 0.05) is 18.1 Å². The predicted molar refractivity (Wildman–Crippen MR) is 81.4 cm³/mol. The topological polar surface area (TPSA) is 27.0 Å². The predicted octanol–water partition coefficient (Wildman–Crippen LogP) is 4.08. The summed E-state index contributed by atoms with van der Waals surface area (Å²) >= 11 is 6.25. The molecule has 3 heteroatoms. The summed E-state index contributed by atoms with van der Waals surface area (Å²) in [7, 11) is 2.18. The molecule has 2 saturated carbocycles. The summed E-state index contributed by atoms with van der Waals surface area (Å²) in [6.07, 6.45) is 5.80. The zero-order chi connectivity index (χ0) is 14.1. The molecule has 3 unspecified atom stereocenters. The molecule has 3 atom stereocenters. The first kappa shape index (κ1) is 13.9. The molecular formula is C17H21ClN2. The van der Waals surface area contributed by atoms with Crippen LogP contribution in [0.15, 0.2) is 18.2 Å². The maximum Gasteiger partial charge on any atom is 0.0992 e. The van der Waals surface area contributed by atoms with Gasteiger partial charge in [-0.05, 0) is 61.8 Å². The lowest BCUT2D eigenvalue weighted by Gasteiger charge is -2.27. The second-order valence-electron chi connectivity index (χ2n) is 6.55. The molecule has 1 aromatic rings. The van der Waals surface area contributed by atoms with E-state index in [0.717, 1.165) is 29.9 Å². The highest BCUT2D eigenvalue weighted by Crippen LogP contribution is 2.48. The summed E-state index contributed by atoms with van der Waals surface area (Å²) in [6, 6.07) is 7.73. The van der Waals surface area contributed by atoms with E-state index in [1.807, 2.05) is 12.1 Å². The molecule has 0 saturated heterocycles. The number of fused-ring (bicyclic) bond motifs is 2. The van der Waals surface area contributed by atoms with Crippen LogP contribution in [0.4, 0.5) is 0 Å². The van der Waals surface area contributed by atoms with Gasteiger partial charge in [-0.1, -0.05) is 24.1 Å². The van der Waals surface area contributed by atoms with Crippen molar-refractivity contribution in [2.75, 3.05) is 13.6 Å². The van der Waals surface area contributed by atoms with Crippen molar-refractivity contribution in [1.82, 2.24) is 4.90 Å². The molecule has 2 fully saturated rings. The van der Waals surface area contributed by atoms with Gasteiger partial charge in [-0.2, -0.15) is 5.26 Å². The van der Waals surface area contributed by atoms with E-state index in [-0.39, 0.29) is 0 Å². The number of nitrogens with zero attached hydrogens (tertiary/aromatic N) is 2. The van der Waals surface area contributed by atoms with Crippen LogP contribution in [0.2, 0.25) is 5.02 Å². The minimum absolute atomic E-state index is 0.634. The lowest BCUT2D eigenvalue weighted by molar-refractivity contribution is 0.214. The Morgan fingerprint density at radius 3 is 2.80 bits per heavy atom. The van der Waals surface area contributed by atoms with Gasteiger partial charge < -0.3 is 4.90 Å². The molecule has 0 N–H and O–H groups in total. The first-order chi connectivity index (χ1) is 9.65. The Balaban J connectivity index is 1.59. The summed E-state index contributed by atoms with van der Waals surface area (Å²) in [5.41, 5.74) is 1.76. The van der Waals surface area contributed by atoms with Crippen LogP contribution < -0.4 is 0 Å². The molecule has 0 aliphatic heterocycles. The fraction of sp³-hybridized carbons (Fsp3) is 0.588. The minimum Gasteiger partial charge on any atom is -0.302 e. The molecule has 1 aromatic carbocycles. The van der Waals surface area contributed by atoms with Crippen LogP contribution in [0.3, 0.4) is 0 Å². The van der Waals surface area contributed by atoms with E-state index in [1.165, 1.54) is 32.2 Å². The van der Waals surface area contributed by atoms with Crippen molar-refractivity contribution in [3.63, 3.8) is 0 Å². The highest BCUT2D eigenvalue weighted by atomic mass is 35.5. The van der Waals surface area contributed by atoms with E-state index in [1.54, 1.807) is 6.07 Å². The summed E-state index contributed by atoms with van der Waals surface area (Å²) in [6.45, 7) is 2.05. The number of hydrogen-bond acceptors (Lipinski definition) is 2. The molecule has 3 rings (SSSR count). The lowest BCUT2D eigenvalue weighted by atomic mass is 9.88. The standard InChI is InChI=1S/C17H21ClN2/c1-20(11-16-7-12-2-4-14(16)6-12)10-15-5-3-13(9-19)8-17(15)18/h3,5,8,12,14,16H,2,4,6-7,10-11H2,1H3. The fourth-order valence-corrected chi connectivity index (χ4v) is 4.34. The van der Waals surface area contributed by atoms with Crippen molar-refractivity contribution in [3.8, 4) is 6.07 Å². The largest absolute Gasteiger partial charge is 0.302 e. The Morgan fingerprint density at radius 2 is 2.20 bits per heavy atom. The Kier molecular flexibility index (Phi) is 4.01. The number of hydrogen-bond donors (Lipinski definition) is 0. The average molecular weight is 289 g/mol. The van der Waals surface area contributed by atoms with Gasteiger partial charge in [-0.25, -0.2) is 0 Å². The van der Waals surface area contributed by atoms with Gasteiger partial charge in [0.1, 0.15) is 0 Å². The van der Waals surface area contributed by atoms with Crippen molar-refractivity contribution in [3.05, 3.63) is 34.3 Å². The van der Waals surface area contributed by atoms with Crippen molar-refractivity contribution >= 4 is 11.6 Å². The Morgan fingerprint density at radius 1 is 1.35 bits per heavy atom. The van der Waals surface area contributed by atoms with E-state index in [2.05, 4.69) is 18.0 Å². The minimum atomic E-state index is 0.634. The molecule has 2 aliphatic rings. The van der Waals surface area contributed by atoms with Gasteiger partial charge in [0.15, 0.2) is 0 Å². The monoisotopic (exact) mass is 288 g/mol. The molecule has 2 aliphatic carbocycles. The smallest absolute Gasteiger partial charge is 0.0992 e. The van der Waals surface area contributed by atoms with Gasteiger partial charge in [-0.15, -0.1) is 0 Å². The van der Waals surface area contributed by atoms with Crippen molar-refractivity contribution in [1.29, 1.82) is 5.26 Å². The van der Waals surface area contributed by atoms with E-state index >= 15 is 0 Å². The van der Waals surface area contributed by atoms with Crippen LogP contribution in [0.1, 0.15) is 36.8 Å². The van der Waals surface area contributed by atoms with Crippen LogP contribution in [0.25, 0.3) is 0 Å². The highest BCUT2D eigenvalue weighted by molar-refractivity contribution is 6.31. The SMILES string of the molecule is CN(Cc1ccc(C#N)cc1Cl)CC1CC2CCC1C2. The third-order valence-corrected chi connectivity index (χ3v) is 5.40. The van der Waals surface area contributed by atoms with Gasteiger partial charge in [0.2, 0.25) is 0 Å². The van der Waals surface area contributed by atoms with Crippen LogP contribution in [-0.2, 0) is 6.54 Å². The zero-order valence-corrected chi connectivity index (χ0v) is 12.7. The zero-order valence-electron chi connectivity index (χ0n) is 12.0. The molecule has 0 spiro atoms. The van der Waals surface area contributed by atoms with E-state index < -0.39 is 0 Å². The number of benzene rings is 1. The van der Waals surface area contributed by atoms with Gasteiger partial charge in [-0.3, -0.25) is 0 Å². The molecule has 20 heavy (non-hydrogen) atoms. The molecule has 0 radical (unpaired) electrons. The molecule has 0 amide bonds. The second-order valence-corrected chi connectivity index (χ2v) is 6.96. The molecular weight excluding hydrogens is 268 g/mol. The first-order valence-electron chi connectivity index (χ1n) is 7.52. The molecule has 0 aromatic heterocycles. The summed E-state index contributed by atoms with van der Waals surface area (Å²) in [5.74, 6) is 2.87. The normalized spacial score (nSPS) is 28.0. The van der Waals surface area contributed by atoms with Crippen LogP contribution in [-0.4, -0.2) is 18.5 Å². The highest BCUT2D eigenvalue weighted by Gasteiger charge is 2.39. The Bertz CT molecular complexity index is 534. The van der Waals surface area contributed by atoms with Crippen molar-refractivity contribution < 1.29 is 0 Å². The van der Waals surface area contributed by atoms with E-state index in [4.69, 9.17) is 16.9 Å². The maximum atomic E-state index is 8.87. The average Bonchev–Trinajstić information content (AvgIpc) is 3.03. The molecule has 0 heterocycles. The first-order valence-corrected chi connectivity index (χ1v) is 7.90. The van der Waals surface area contributed by atoms with Crippen molar-refractivity contribution in [2.24, 2.45) is 17.8 Å². The number of rotatable bonds is 4. The Labute approximate surface area is 126 Å². The van der Waals surface area contributed by atoms with Gasteiger partial charge >= 0.3 is 0 Å². The second kappa shape index (κ2) is 5.76. The third kappa shape index (κ3) is 2.85. The van der Waals surface area contributed by atoms with E-state index in [9.17, 15) is 0 Å². The van der Waals surface area contributed by atoms with Crippen LogP contribution in [0, 0.1) is 29.1 Å². The Hall–Kier alpha value is -1.04. The van der Waals surface area contributed by atoms with Crippen molar-refractivity contribution in [2.45, 2.75) is 32.2 Å². The van der Waals surface area contributed by atoms with E-state index in [0.29, 0.717) is 10.6 Å².